The van der Waals surface area contributed by atoms with Crippen LogP contribution in [-0.4, -0.2) is 36.5 Å². The van der Waals surface area contributed by atoms with Crippen LogP contribution in [0.15, 0.2) is 12.2 Å². The first kappa shape index (κ1) is 17.4. The lowest BCUT2D eigenvalue weighted by molar-refractivity contribution is -0.170. The molecule has 4 nitrogen and oxygen atoms in total. The molecule has 0 radical (unpaired) electrons. The molecule has 3 unspecified atom stereocenters. The summed E-state index contributed by atoms with van der Waals surface area (Å²) in [5.41, 5.74) is 0. The van der Waals surface area contributed by atoms with Crippen LogP contribution in [-0.2, 0) is 14.2 Å². The zero-order valence-electron chi connectivity index (χ0n) is 14.4. The van der Waals surface area contributed by atoms with Gasteiger partial charge in [-0.25, -0.2) is 0 Å². The minimum atomic E-state index is -0.580. The van der Waals surface area contributed by atoms with E-state index >= 15 is 0 Å². The molecule has 0 spiro atoms. The molecule has 1 aliphatic carbocycles. The van der Waals surface area contributed by atoms with Crippen molar-refractivity contribution in [1.82, 2.24) is 0 Å². The van der Waals surface area contributed by atoms with E-state index in [1.54, 1.807) is 0 Å². The average Bonchev–Trinajstić information content (AvgIpc) is 3.22. The molecule has 0 bridgehead atoms. The molecule has 23 heavy (non-hydrogen) atoms. The molecule has 4 atom stereocenters. The van der Waals surface area contributed by atoms with Crippen molar-refractivity contribution in [1.29, 1.82) is 0 Å². The Bertz CT molecular complexity index is 389. The van der Waals surface area contributed by atoms with Crippen LogP contribution in [0.1, 0.15) is 64.7 Å². The van der Waals surface area contributed by atoms with Gasteiger partial charge in [0.1, 0.15) is 0 Å². The highest BCUT2D eigenvalue weighted by atomic mass is 16.7. The number of ether oxygens (including phenoxy) is 3. The summed E-state index contributed by atoms with van der Waals surface area (Å²) >= 11 is 0. The zero-order chi connectivity index (χ0) is 16.1. The number of rotatable bonds is 9. The summed E-state index contributed by atoms with van der Waals surface area (Å²) in [6, 6.07) is 0. The smallest absolute Gasteiger partial charge is 0.168 e. The van der Waals surface area contributed by atoms with Gasteiger partial charge >= 0.3 is 0 Å². The minimum Gasteiger partial charge on any atom is -0.368 e. The lowest BCUT2D eigenvalue weighted by atomic mass is 9.86. The first-order chi connectivity index (χ1) is 11.2. The molecule has 2 fully saturated rings. The van der Waals surface area contributed by atoms with Gasteiger partial charge < -0.3 is 19.3 Å². The van der Waals surface area contributed by atoms with Crippen LogP contribution in [0.2, 0.25) is 0 Å². The van der Waals surface area contributed by atoms with Gasteiger partial charge in [-0.2, -0.15) is 0 Å². The lowest BCUT2D eigenvalue weighted by Gasteiger charge is -2.29. The summed E-state index contributed by atoms with van der Waals surface area (Å²) in [6.07, 6.45) is 14.1. The monoisotopic (exact) mass is 324 g/mol. The predicted molar refractivity (Wildman–Crippen MR) is 88.9 cm³/mol. The topological polar surface area (TPSA) is 47.9 Å². The number of hydrogen-bond acceptors (Lipinski definition) is 4. The fourth-order valence-corrected chi connectivity index (χ4v) is 4.31. The summed E-state index contributed by atoms with van der Waals surface area (Å²) in [7, 11) is 0. The maximum Gasteiger partial charge on any atom is 0.168 e. The Morgan fingerprint density at radius 1 is 1.04 bits per heavy atom. The van der Waals surface area contributed by atoms with E-state index in [0.29, 0.717) is 11.8 Å². The number of fused-ring (bicyclic) bond motifs is 1. The maximum atomic E-state index is 9.66. The summed E-state index contributed by atoms with van der Waals surface area (Å²) in [6.45, 7) is 3.70. The van der Waals surface area contributed by atoms with Crippen molar-refractivity contribution in [3.05, 3.63) is 12.2 Å². The zero-order valence-corrected chi connectivity index (χ0v) is 14.4. The van der Waals surface area contributed by atoms with Crippen LogP contribution in [0, 0.1) is 11.8 Å². The molecule has 2 aliphatic heterocycles. The van der Waals surface area contributed by atoms with Crippen molar-refractivity contribution in [2.24, 2.45) is 11.8 Å². The molecular formula is C19H32O4. The number of unbranched alkanes of at least 4 members (excludes halogenated alkanes) is 4. The highest BCUT2D eigenvalue weighted by Crippen LogP contribution is 2.42. The van der Waals surface area contributed by atoms with Crippen LogP contribution >= 0.6 is 0 Å². The fraction of sp³-hybridized carbons (Fsp3) is 0.895. The van der Waals surface area contributed by atoms with Crippen molar-refractivity contribution in [3.63, 3.8) is 0 Å². The van der Waals surface area contributed by atoms with Crippen molar-refractivity contribution >= 4 is 0 Å². The first-order valence-electron chi connectivity index (χ1n) is 9.52. The van der Waals surface area contributed by atoms with Gasteiger partial charge in [0, 0.05) is 19.3 Å². The molecule has 0 aromatic rings. The van der Waals surface area contributed by atoms with E-state index in [9.17, 15) is 5.11 Å². The van der Waals surface area contributed by atoms with Crippen LogP contribution in [0.25, 0.3) is 0 Å². The van der Waals surface area contributed by atoms with E-state index in [1.165, 1.54) is 32.1 Å². The Balaban J connectivity index is 1.45. The van der Waals surface area contributed by atoms with Gasteiger partial charge in [0.25, 0.3) is 0 Å². The normalized spacial score (nSPS) is 35.0. The second-order valence-corrected chi connectivity index (χ2v) is 7.31. The van der Waals surface area contributed by atoms with E-state index in [0.717, 1.165) is 38.9 Å². The van der Waals surface area contributed by atoms with Crippen molar-refractivity contribution in [3.8, 4) is 0 Å². The van der Waals surface area contributed by atoms with E-state index < -0.39 is 6.29 Å². The van der Waals surface area contributed by atoms with Gasteiger partial charge in [-0.05, 0) is 24.7 Å². The van der Waals surface area contributed by atoms with Crippen LogP contribution in [0.5, 0.6) is 0 Å². The van der Waals surface area contributed by atoms with Crippen LogP contribution in [0.3, 0.4) is 0 Å². The molecule has 0 aromatic carbocycles. The molecule has 0 aromatic heterocycles. The Morgan fingerprint density at radius 3 is 2.61 bits per heavy atom. The van der Waals surface area contributed by atoms with Gasteiger partial charge in [-0.1, -0.05) is 44.8 Å². The Kier molecular flexibility index (Phi) is 6.13. The second kappa shape index (κ2) is 8.11. The SMILES string of the molecule is CCCCCCCC1(CC[C@H]2C=CC3OC(O)CC32)OCCO1. The van der Waals surface area contributed by atoms with Gasteiger partial charge in [0.2, 0.25) is 0 Å². The van der Waals surface area contributed by atoms with E-state index in [1.807, 2.05) is 0 Å². The maximum absolute atomic E-state index is 9.66. The molecule has 2 heterocycles. The molecule has 0 saturated carbocycles. The predicted octanol–water partition coefficient (Wildman–Crippen LogP) is 3.78. The summed E-state index contributed by atoms with van der Waals surface area (Å²) in [4.78, 5) is 0. The third kappa shape index (κ3) is 4.36. The molecule has 3 aliphatic rings. The number of aliphatic hydroxyl groups excluding tert-OH is 1. The average molecular weight is 324 g/mol. The molecular weight excluding hydrogens is 292 g/mol. The largest absolute Gasteiger partial charge is 0.368 e. The molecule has 0 amide bonds. The molecule has 132 valence electrons. The Hall–Kier alpha value is -0.420. The Labute approximate surface area is 140 Å². The quantitative estimate of drug-likeness (QED) is 0.518. The van der Waals surface area contributed by atoms with E-state index in [-0.39, 0.29) is 11.9 Å². The second-order valence-electron chi connectivity index (χ2n) is 7.31. The van der Waals surface area contributed by atoms with Crippen molar-refractivity contribution < 1.29 is 19.3 Å². The lowest BCUT2D eigenvalue weighted by Crippen LogP contribution is -2.31. The van der Waals surface area contributed by atoms with Crippen molar-refractivity contribution in [2.75, 3.05) is 13.2 Å². The molecule has 3 rings (SSSR count). The summed E-state index contributed by atoms with van der Waals surface area (Å²) in [5.74, 6) is 0.575. The van der Waals surface area contributed by atoms with Crippen LogP contribution < -0.4 is 0 Å². The Morgan fingerprint density at radius 2 is 1.83 bits per heavy atom. The van der Waals surface area contributed by atoms with Gasteiger partial charge in [0.05, 0.1) is 19.3 Å². The molecule has 4 heteroatoms. The van der Waals surface area contributed by atoms with E-state index in [2.05, 4.69) is 19.1 Å². The van der Waals surface area contributed by atoms with E-state index in [4.69, 9.17) is 14.2 Å². The number of allylic oxidation sites excluding steroid dienone is 1. The highest BCUT2D eigenvalue weighted by Gasteiger charge is 2.42. The van der Waals surface area contributed by atoms with Gasteiger partial charge in [0.15, 0.2) is 12.1 Å². The number of aliphatic hydroxyl groups is 1. The molecule has 1 N–H and O–H groups in total. The van der Waals surface area contributed by atoms with Gasteiger partial charge in [-0.3, -0.25) is 0 Å². The van der Waals surface area contributed by atoms with Crippen LogP contribution in [0.4, 0.5) is 0 Å². The number of hydrogen-bond donors (Lipinski definition) is 1. The van der Waals surface area contributed by atoms with Crippen molar-refractivity contribution in [2.45, 2.75) is 82.9 Å². The van der Waals surface area contributed by atoms with Gasteiger partial charge in [-0.15, -0.1) is 0 Å². The third-order valence-electron chi connectivity index (χ3n) is 5.64. The third-order valence-corrected chi connectivity index (χ3v) is 5.64. The highest BCUT2D eigenvalue weighted by molar-refractivity contribution is 5.10. The summed E-state index contributed by atoms with van der Waals surface area (Å²) in [5, 5.41) is 9.66. The minimum absolute atomic E-state index is 0.116. The first-order valence-corrected chi connectivity index (χ1v) is 9.52. The molecule has 2 saturated heterocycles. The summed E-state index contributed by atoms with van der Waals surface area (Å²) < 4.78 is 17.5. The fourth-order valence-electron chi connectivity index (χ4n) is 4.31. The standard InChI is InChI=1S/C19H32O4/c1-2-3-4-5-6-10-19(21-12-13-22-19)11-9-15-7-8-17-16(15)14-18(20)23-17/h7-8,15-18,20H,2-6,9-14H2,1H3/t15-,16?,17?,18?/m1/s1.